The molecule has 1 aromatic carbocycles. The van der Waals surface area contributed by atoms with Crippen molar-refractivity contribution in [1.82, 2.24) is 19.8 Å². The monoisotopic (exact) mass is 488 g/mol. The summed E-state index contributed by atoms with van der Waals surface area (Å²) in [5, 5.41) is 4.10. The van der Waals surface area contributed by atoms with Gasteiger partial charge in [0.1, 0.15) is 12.4 Å². The molecule has 3 aromatic rings. The summed E-state index contributed by atoms with van der Waals surface area (Å²) in [6.07, 6.45) is 7.32. The van der Waals surface area contributed by atoms with Crippen molar-refractivity contribution in [2.24, 2.45) is 11.8 Å². The Kier molecular flexibility index (Phi) is 6.19. The second-order valence-corrected chi connectivity index (χ2v) is 10.3. The van der Waals surface area contributed by atoms with E-state index in [2.05, 4.69) is 39.5 Å². The van der Waals surface area contributed by atoms with Gasteiger partial charge in [0.05, 0.1) is 10.7 Å². The molecule has 6 nitrogen and oxygen atoms in total. The zero-order chi connectivity index (χ0) is 23.8. The maximum Gasteiger partial charge on any atom is 0.258 e. The topological polar surface area (TPSA) is 59.4 Å². The van der Waals surface area contributed by atoms with Crippen molar-refractivity contribution in [2.45, 2.75) is 26.0 Å². The van der Waals surface area contributed by atoms with E-state index in [1.165, 1.54) is 48.9 Å². The van der Waals surface area contributed by atoms with Crippen LogP contribution in [0.4, 0.5) is 0 Å². The van der Waals surface area contributed by atoms with E-state index in [1.807, 2.05) is 12.1 Å². The van der Waals surface area contributed by atoms with Crippen LogP contribution in [0.2, 0.25) is 5.02 Å². The molecule has 1 N–H and O–H groups in total. The SMILES string of the molecule is O=c1cc(OCc2ccc(Cl)cn2)ccn1C1=Cc2ccc(CN3C[C@H]4CNC[C@H]4C3)cc2CC1. The summed E-state index contributed by atoms with van der Waals surface area (Å²) in [6.45, 7) is 6.07. The minimum atomic E-state index is -0.0908. The van der Waals surface area contributed by atoms with Crippen molar-refractivity contribution >= 4 is 23.4 Å². The smallest absolute Gasteiger partial charge is 0.258 e. The van der Waals surface area contributed by atoms with Crippen molar-refractivity contribution in [3.05, 3.63) is 92.6 Å². The van der Waals surface area contributed by atoms with Crippen LogP contribution in [0.1, 0.15) is 28.8 Å². The minimum absolute atomic E-state index is 0.0908. The molecular weight excluding hydrogens is 460 g/mol. The number of hydrogen-bond acceptors (Lipinski definition) is 5. The van der Waals surface area contributed by atoms with E-state index in [0.717, 1.165) is 42.6 Å². The number of benzene rings is 1. The van der Waals surface area contributed by atoms with Gasteiger partial charge < -0.3 is 10.1 Å². The third-order valence-corrected chi connectivity index (χ3v) is 7.65. The van der Waals surface area contributed by atoms with Crippen molar-refractivity contribution < 1.29 is 4.74 Å². The van der Waals surface area contributed by atoms with Gasteiger partial charge in [0, 0.05) is 43.8 Å². The molecule has 1 aliphatic carbocycles. The van der Waals surface area contributed by atoms with Crippen molar-refractivity contribution in [1.29, 1.82) is 0 Å². The molecule has 2 fully saturated rings. The summed E-state index contributed by atoms with van der Waals surface area (Å²) in [5.74, 6) is 2.18. The number of aryl methyl sites for hydroxylation is 1. The van der Waals surface area contributed by atoms with Gasteiger partial charge in [-0.2, -0.15) is 0 Å². The zero-order valence-corrected chi connectivity index (χ0v) is 20.4. The molecule has 2 saturated heterocycles. The average Bonchev–Trinajstić information content (AvgIpc) is 3.45. The molecule has 3 aliphatic rings. The fraction of sp³-hybridized carbons (Fsp3) is 0.357. The minimum Gasteiger partial charge on any atom is -0.487 e. The standard InChI is InChI=1S/C28H29ClN4O2/c29-24-4-5-25(31-14-24)18-35-27-7-8-33(28(34)11-27)26-6-3-20-9-19(1-2-21(20)10-26)15-32-16-22-12-30-13-23(22)17-32/h1-2,4-5,7-11,14,22-23,30H,3,6,12-13,15-18H2/t22-,23+. The first-order valence-electron chi connectivity index (χ1n) is 12.3. The van der Waals surface area contributed by atoms with E-state index in [0.29, 0.717) is 10.8 Å². The van der Waals surface area contributed by atoms with Gasteiger partial charge >= 0.3 is 0 Å². The lowest BCUT2D eigenvalue weighted by atomic mass is 9.93. The van der Waals surface area contributed by atoms with Gasteiger partial charge in [-0.05, 0) is 78.7 Å². The molecule has 0 unspecified atom stereocenters. The predicted octanol–water partition coefficient (Wildman–Crippen LogP) is 4.07. The molecule has 2 aliphatic heterocycles. The number of aromatic nitrogens is 2. The van der Waals surface area contributed by atoms with Crippen molar-refractivity contribution in [2.75, 3.05) is 26.2 Å². The number of ether oxygens (including phenoxy) is 1. The summed E-state index contributed by atoms with van der Waals surface area (Å²) in [4.78, 5) is 19.7. The van der Waals surface area contributed by atoms with Gasteiger partial charge in [0.25, 0.3) is 5.56 Å². The molecule has 180 valence electrons. The summed E-state index contributed by atoms with van der Waals surface area (Å²) >= 11 is 5.87. The quantitative estimate of drug-likeness (QED) is 0.566. The number of pyridine rings is 2. The highest BCUT2D eigenvalue weighted by Crippen LogP contribution is 2.30. The number of rotatable bonds is 6. The van der Waals surface area contributed by atoms with E-state index >= 15 is 0 Å². The summed E-state index contributed by atoms with van der Waals surface area (Å²) in [5.41, 5.74) is 5.65. The van der Waals surface area contributed by atoms with E-state index in [1.54, 1.807) is 23.0 Å². The highest BCUT2D eigenvalue weighted by molar-refractivity contribution is 6.30. The molecule has 2 aromatic heterocycles. The van der Waals surface area contributed by atoms with Crippen LogP contribution < -0.4 is 15.6 Å². The Hall–Kier alpha value is -2.93. The Balaban J connectivity index is 1.13. The predicted molar refractivity (Wildman–Crippen MR) is 138 cm³/mol. The van der Waals surface area contributed by atoms with Crippen LogP contribution in [-0.2, 0) is 19.6 Å². The van der Waals surface area contributed by atoms with E-state index in [4.69, 9.17) is 16.3 Å². The number of likely N-dealkylation sites (tertiary alicyclic amines) is 1. The third kappa shape index (κ3) is 4.92. The maximum atomic E-state index is 12.8. The highest BCUT2D eigenvalue weighted by Gasteiger charge is 2.35. The molecule has 2 atom stereocenters. The normalized spacial score (nSPS) is 21.5. The highest BCUT2D eigenvalue weighted by atomic mass is 35.5. The Morgan fingerprint density at radius 3 is 2.69 bits per heavy atom. The Morgan fingerprint density at radius 2 is 1.91 bits per heavy atom. The van der Waals surface area contributed by atoms with Gasteiger partial charge in [-0.3, -0.25) is 19.2 Å². The number of hydrogen-bond donors (Lipinski definition) is 1. The number of halogens is 1. The lowest BCUT2D eigenvalue weighted by molar-refractivity contribution is 0.300. The average molecular weight is 489 g/mol. The van der Waals surface area contributed by atoms with Crippen LogP contribution >= 0.6 is 11.6 Å². The molecular formula is C28H29ClN4O2. The first kappa shape index (κ1) is 22.5. The lowest BCUT2D eigenvalue weighted by Gasteiger charge is -2.21. The summed E-state index contributed by atoms with van der Waals surface area (Å²) in [7, 11) is 0. The largest absolute Gasteiger partial charge is 0.487 e. The molecule has 0 radical (unpaired) electrons. The van der Waals surface area contributed by atoms with E-state index in [-0.39, 0.29) is 12.2 Å². The Labute approximate surface area is 210 Å². The Bertz CT molecular complexity index is 1310. The molecule has 7 heteroatoms. The first-order valence-corrected chi connectivity index (χ1v) is 12.7. The van der Waals surface area contributed by atoms with Gasteiger partial charge in [-0.1, -0.05) is 29.8 Å². The van der Waals surface area contributed by atoms with Crippen LogP contribution in [0, 0.1) is 11.8 Å². The van der Waals surface area contributed by atoms with Gasteiger partial charge in [-0.15, -0.1) is 0 Å². The van der Waals surface area contributed by atoms with Crippen LogP contribution in [0.25, 0.3) is 11.8 Å². The second kappa shape index (κ2) is 9.61. The van der Waals surface area contributed by atoms with Gasteiger partial charge in [0.15, 0.2) is 0 Å². The fourth-order valence-electron chi connectivity index (χ4n) is 5.60. The number of allylic oxidation sites excluding steroid dienone is 1. The molecule has 0 saturated carbocycles. The van der Waals surface area contributed by atoms with E-state index in [9.17, 15) is 4.79 Å². The first-order chi connectivity index (χ1) is 17.1. The molecule has 35 heavy (non-hydrogen) atoms. The molecule has 0 spiro atoms. The molecule has 0 amide bonds. The molecule has 4 heterocycles. The number of nitrogens with zero attached hydrogens (tertiary/aromatic N) is 3. The lowest BCUT2D eigenvalue weighted by Crippen LogP contribution is -2.25. The van der Waals surface area contributed by atoms with Crippen LogP contribution in [0.15, 0.2) is 59.7 Å². The molecule has 6 rings (SSSR count). The number of fused-ring (bicyclic) bond motifs is 2. The van der Waals surface area contributed by atoms with Crippen LogP contribution in [0.5, 0.6) is 5.75 Å². The summed E-state index contributed by atoms with van der Waals surface area (Å²) in [6, 6.07) is 13.8. The van der Waals surface area contributed by atoms with Gasteiger partial charge in [-0.25, -0.2) is 0 Å². The van der Waals surface area contributed by atoms with Crippen molar-refractivity contribution in [3.63, 3.8) is 0 Å². The van der Waals surface area contributed by atoms with Crippen molar-refractivity contribution in [3.8, 4) is 5.75 Å². The van der Waals surface area contributed by atoms with Crippen LogP contribution in [0.3, 0.4) is 0 Å². The second-order valence-electron chi connectivity index (χ2n) is 9.87. The summed E-state index contributed by atoms with van der Waals surface area (Å²) < 4.78 is 7.48. The molecule has 0 bridgehead atoms. The third-order valence-electron chi connectivity index (χ3n) is 7.43. The Morgan fingerprint density at radius 1 is 1.06 bits per heavy atom. The van der Waals surface area contributed by atoms with Gasteiger partial charge in [0.2, 0.25) is 0 Å². The zero-order valence-electron chi connectivity index (χ0n) is 19.6. The maximum absolute atomic E-state index is 12.8. The van der Waals surface area contributed by atoms with Crippen LogP contribution in [-0.4, -0.2) is 40.6 Å². The number of nitrogens with one attached hydrogen (secondary N) is 1. The fourth-order valence-corrected chi connectivity index (χ4v) is 5.71. The van der Waals surface area contributed by atoms with E-state index < -0.39 is 0 Å².